The summed E-state index contributed by atoms with van der Waals surface area (Å²) in [4.78, 5) is 9.31. The van der Waals surface area contributed by atoms with Gasteiger partial charge in [-0.05, 0) is 66.7 Å². The van der Waals surface area contributed by atoms with Crippen LogP contribution in [0.2, 0.25) is 5.02 Å². The van der Waals surface area contributed by atoms with Crippen LogP contribution in [0.25, 0.3) is 10.9 Å². The number of hydrogen-bond donors (Lipinski definition) is 2. The van der Waals surface area contributed by atoms with Crippen LogP contribution in [0.3, 0.4) is 0 Å². The number of rotatable bonds is 14. The number of anilines is 2. The summed E-state index contributed by atoms with van der Waals surface area (Å²) in [7, 11) is -1.78. The molecular weight excluding hydrogens is 655 g/mol. The van der Waals surface area contributed by atoms with E-state index in [-0.39, 0.29) is 18.2 Å². The van der Waals surface area contributed by atoms with Crippen LogP contribution in [0.4, 0.5) is 15.9 Å². The van der Waals surface area contributed by atoms with Crippen LogP contribution in [0.15, 0.2) is 108 Å². The zero-order valence-corrected chi connectivity index (χ0v) is 27.7. The van der Waals surface area contributed by atoms with Crippen molar-refractivity contribution in [3.8, 4) is 11.5 Å². The molecule has 2 N–H and O–H groups in total. The lowest BCUT2D eigenvalue weighted by atomic mass is 9.86. The first-order valence-electron chi connectivity index (χ1n) is 15.3. The standard InChI is InChI=1S/C36H34ClFN4O5S/c1-45-34-22-32-29(21-30(34)36(13-6-17-47-36)14-15-39-16-18-48(43,44)28-9-3-2-4-10-28)35(41-24-40-32)42-27-11-12-33(31(37)20-27)46-23-25-7-5-8-26(38)19-25/h2-12,17,19-22,24,39H,13-16,18,23H2,1H3,(H,40,41,42). The molecule has 0 amide bonds. The number of halogens is 2. The Balaban J connectivity index is 1.18. The fourth-order valence-corrected chi connectivity index (χ4v) is 7.09. The van der Waals surface area contributed by atoms with E-state index in [1.54, 1.807) is 68.0 Å². The van der Waals surface area contributed by atoms with Gasteiger partial charge in [0.15, 0.2) is 9.84 Å². The Labute approximate surface area is 283 Å². The van der Waals surface area contributed by atoms with Crippen molar-refractivity contribution < 1.29 is 27.0 Å². The van der Waals surface area contributed by atoms with Gasteiger partial charge in [0.25, 0.3) is 0 Å². The van der Waals surface area contributed by atoms with Crippen LogP contribution in [-0.4, -0.2) is 44.3 Å². The normalized spacial score (nSPS) is 15.7. The average Bonchev–Trinajstić information content (AvgIpc) is 3.57. The van der Waals surface area contributed by atoms with Crippen molar-refractivity contribution in [2.75, 3.05) is 31.3 Å². The van der Waals surface area contributed by atoms with E-state index >= 15 is 0 Å². The molecule has 248 valence electrons. The number of benzene rings is 4. The first kappa shape index (κ1) is 33.2. The Morgan fingerprint density at radius 3 is 2.58 bits per heavy atom. The SMILES string of the molecule is COc1cc2ncnc(Nc3ccc(OCc4cccc(F)c4)c(Cl)c3)c2cc1C1(CCNCCS(=O)(=O)c2ccccc2)CC=CO1. The lowest BCUT2D eigenvalue weighted by Crippen LogP contribution is -2.32. The van der Waals surface area contributed by atoms with E-state index in [1.165, 1.54) is 18.5 Å². The number of nitrogens with one attached hydrogen (secondary N) is 2. The van der Waals surface area contributed by atoms with Gasteiger partial charge in [-0.2, -0.15) is 0 Å². The molecule has 6 rings (SSSR count). The van der Waals surface area contributed by atoms with Crippen LogP contribution in [0.5, 0.6) is 11.5 Å². The average molecular weight is 689 g/mol. The molecule has 1 aromatic heterocycles. The van der Waals surface area contributed by atoms with Crippen LogP contribution in [-0.2, 0) is 26.8 Å². The molecule has 2 heterocycles. The minimum absolute atomic E-state index is 0.0150. The zero-order chi connectivity index (χ0) is 33.6. The maximum Gasteiger partial charge on any atom is 0.179 e. The van der Waals surface area contributed by atoms with Gasteiger partial charge in [-0.25, -0.2) is 22.8 Å². The predicted molar refractivity (Wildman–Crippen MR) is 184 cm³/mol. The van der Waals surface area contributed by atoms with Crippen molar-refractivity contribution in [1.82, 2.24) is 15.3 Å². The van der Waals surface area contributed by atoms with Gasteiger partial charge in [0, 0.05) is 42.1 Å². The highest BCUT2D eigenvalue weighted by molar-refractivity contribution is 7.91. The lowest BCUT2D eigenvalue weighted by molar-refractivity contribution is 0.0307. The van der Waals surface area contributed by atoms with E-state index < -0.39 is 15.4 Å². The van der Waals surface area contributed by atoms with Gasteiger partial charge in [-0.3, -0.25) is 0 Å². The Hall–Kier alpha value is -4.71. The molecule has 0 bridgehead atoms. The van der Waals surface area contributed by atoms with Gasteiger partial charge in [0.05, 0.1) is 34.6 Å². The number of nitrogens with zero attached hydrogens (tertiary/aromatic N) is 2. The van der Waals surface area contributed by atoms with Gasteiger partial charge in [-0.15, -0.1) is 0 Å². The first-order chi connectivity index (χ1) is 23.3. The molecule has 0 radical (unpaired) electrons. The molecular formula is C36H34ClFN4O5S. The Morgan fingerprint density at radius 2 is 1.83 bits per heavy atom. The Bertz CT molecular complexity index is 2040. The van der Waals surface area contributed by atoms with Crippen LogP contribution >= 0.6 is 11.6 Å². The molecule has 1 aliphatic heterocycles. The van der Waals surface area contributed by atoms with E-state index in [1.807, 2.05) is 24.3 Å². The van der Waals surface area contributed by atoms with Crippen LogP contribution in [0.1, 0.15) is 24.0 Å². The van der Waals surface area contributed by atoms with Crippen molar-refractivity contribution in [3.63, 3.8) is 0 Å². The van der Waals surface area contributed by atoms with E-state index in [9.17, 15) is 12.8 Å². The quantitative estimate of drug-likeness (QED) is 0.116. The minimum Gasteiger partial charge on any atom is -0.496 e. The number of methoxy groups -OCH3 is 1. The van der Waals surface area contributed by atoms with E-state index in [4.69, 9.17) is 25.8 Å². The van der Waals surface area contributed by atoms with E-state index in [0.29, 0.717) is 69.9 Å². The van der Waals surface area contributed by atoms with E-state index in [0.717, 1.165) is 10.9 Å². The molecule has 1 aliphatic rings. The second kappa shape index (κ2) is 14.6. The van der Waals surface area contributed by atoms with E-state index in [2.05, 4.69) is 20.6 Å². The zero-order valence-electron chi connectivity index (χ0n) is 26.2. The third-order valence-corrected chi connectivity index (χ3v) is 10.1. The van der Waals surface area contributed by atoms with Gasteiger partial charge in [0.1, 0.15) is 41.7 Å². The molecule has 9 nitrogen and oxygen atoms in total. The molecule has 0 aliphatic carbocycles. The second-order valence-corrected chi connectivity index (χ2v) is 13.8. The molecule has 4 aromatic carbocycles. The summed E-state index contributed by atoms with van der Waals surface area (Å²) in [5.74, 6) is 1.29. The summed E-state index contributed by atoms with van der Waals surface area (Å²) >= 11 is 6.56. The van der Waals surface area contributed by atoms with Gasteiger partial charge in [-0.1, -0.05) is 41.9 Å². The highest BCUT2D eigenvalue weighted by atomic mass is 35.5. The number of hydrogen-bond acceptors (Lipinski definition) is 9. The third kappa shape index (κ3) is 7.54. The highest BCUT2D eigenvalue weighted by Crippen LogP contribution is 2.44. The minimum atomic E-state index is -3.39. The van der Waals surface area contributed by atoms with Crippen molar-refractivity contribution in [3.05, 3.63) is 126 Å². The monoisotopic (exact) mass is 688 g/mol. The second-order valence-electron chi connectivity index (χ2n) is 11.3. The third-order valence-electron chi connectivity index (χ3n) is 8.12. The van der Waals surface area contributed by atoms with Crippen LogP contribution < -0.4 is 20.1 Å². The summed E-state index contributed by atoms with van der Waals surface area (Å²) in [5.41, 5.74) is 2.11. The Morgan fingerprint density at radius 1 is 0.979 bits per heavy atom. The van der Waals surface area contributed by atoms with Crippen molar-refractivity contribution in [2.45, 2.75) is 29.9 Å². The fourth-order valence-electron chi connectivity index (χ4n) is 5.63. The number of aromatic nitrogens is 2. The molecule has 5 aromatic rings. The molecule has 12 heteroatoms. The summed E-state index contributed by atoms with van der Waals surface area (Å²) in [6, 6.07) is 23.8. The lowest BCUT2D eigenvalue weighted by Gasteiger charge is -2.31. The van der Waals surface area contributed by atoms with Gasteiger partial charge < -0.3 is 24.8 Å². The molecule has 0 saturated heterocycles. The molecule has 0 saturated carbocycles. The van der Waals surface area contributed by atoms with Crippen molar-refractivity contribution in [2.24, 2.45) is 0 Å². The van der Waals surface area contributed by atoms with Gasteiger partial charge >= 0.3 is 0 Å². The van der Waals surface area contributed by atoms with Crippen molar-refractivity contribution >= 4 is 43.8 Å². The fraction of sp³-hybridized carbons (Fsp3) is 0.222. The summed E-state index contributed by atoms with van der Waals surface area (Å²) in [5, 5.41) is 7.75. The maximum atomic E-state index is 13.5. The predicted octanol–water partition coefficient (Wildman–Crippen LogP) is 7.34. The molecule has 0 fully saturated rings. The molecule has 48 heavy (non-hydrogen) atoms. The smallest absolute Gasteiger partial charge is 0.179 e. The maximum absolute atomic E-state index is 13.5. The molecule has 0 spiro atoms. The largest absolute Gasteiger partial charge is 0.496 e. The topological polar surface area (TPSA) is 112 Å². The molecule has 1 atom stereocenters. The van der Waals surface area contributed by atoms with Crippen molar-refractivity contribution in [1.29, 1.82) is 0 Å². The van der Waals surface area contributed by atoms with Gasteiger partial charge in [0.2, 0.25) is 0 Å². The summed E-state index contributed by atoms with van der Waals surface area (Å²) in [6.07, 6.45) is 6.27. The molecule has 1 unspecified atom stereocenters. The summed E-state index contributed by atoms with van der Waals surface area (Å²) < 4.78 is 56.8. The Kier molecular flexibility index (Phi) is 10.1. The number of sulfone groups is 1. The number of ether oxygens (including phenoxy) is 3. The summed E-state index contributed by atoms with van der Waals surface area (Å²) in [6.45, 7) is 0.983. The number of fused-ring (bicyclic) bond motifs is 1. The first-order valence-corrected chi connectivity index (χ1v) is 17.4. The highest BCUT2D eigenvalue weighted by Gasteiger charge is 2.38. The van der Waals surface area contributed by atoms with Crippen LogP contribution in [0, 0.1) is 5.82 Å².